The van der Waals surface area contributed by atoms with E-state index in [0.717, 1.165) is 172 Å². The SMILES string of the molecule is Fc1cccc([B-](c2cccc(F)c2-c2cccc3cc4ccc5cc6ccccc6cc5c4cc23)(c2cccc(F)c2-c2cccc3cc4ccc5cc6ccccc6cc5c4cc23)c2cccc(F)c2-c2cccc3cc4ccc5cc6ccccc6cc5c4cc23)c1-c1cccc2cc3ccc4cc5ccccc5cc4c3cc12. The molecule has 0 amide bonds. The summed E-state index contributed by atoms with van der Waals surface area (Å²) in [7, 11) is 0. The molecule has 0 bridgehead atoms. The fourth-order valence-corrected chi connectivity index (χ4v) is 20.7. The van der Waals surface area contributed by atoms with E-state index in [-0.39, 0.29) is 22.3 Å². The van der Waals surface area contributed by atoms with Gasteiger partial charge in [0.2, 0.25) is 0 Å². The van der Waals surface area contributed by atoms with Crippen molar-refractivity contribution >= 4 is 200 Å². The maximum atomic E-state index is 19.9. The second kappa shape index (κ2) is 25.6. The van der Waals surface area contributed by atoms with Crippen LogP contribution >= 0.6 is 0 Å². The third-order valence-corrected chi connectivity index (χ3v) is 25.9. The van der Waals surface area contributed by atoms with Gasteiger partial charge in [0.05, 0.1) is 0 Å². The van der Waals surface area contributed by atoms with Gasteiger partial charge in [-0.2, -0.15) is 21.9 Å². The van der Waals surface area contributed by atoms with Crippen LogP contribution < -0.4 is 21.9 Å². The molecular formula is C112H64BF4-. The highest BCUT2D eigenvalue weighted by Crippen LogP contribution is 2.46. The quantitative estimate of drug-likeness (QED) is 0.0616. The van der Waals surface area contributed by atoms with Crippen LogP contribution in [0.4, 0.5) is 17.6 Å². The molecule has 24 rings (SSSR count). The zero-order valence-corrected chi connectivity index (χ0v) is 63.0. The maximum absolute atomic E-state index is 19.9. The van der Waals surface area contributed by atoms with Gasteiger partial charge < -0.3 is 0 Å². The number of benzene rings is 24. The highest BCUT2D eigenvalue weighted by molar-refractivity contribution is 7.22. The summed E-state index contributed by atoms with van der Waals surface area (Å²) in [6.45, 7) is 0. The van der Waals surface area contributed by atoms with Crippen LogP contribution in [-0.2, 0) is 0 Å². The van der Waals surface area contributed by atoms with Gasteiger partial charge in [-0.15, -0.1) is 0 Å². The molecule has 544 valence electrons. The van der Waals surface area contributed by atoms with Crippen LogP contribution in [0, 0.1) is 23.3 Å². The van der Waals surface area contributed by atoms with E-state index in [1.165, 1.54) is 24.3 Å². The maximum Gasteiger partial charge on any atom is 0.127 e. The van der Waals surface area contributed by atoms with E-state index in [2.05, 4.69) is 267 Å². The minimum atomic E-state index is -3.51. The molecule has 0 aliphatic carbocycles. The van der Waals surface area contributed by atoms with Crippen LogP contribution in [0.15, 0.2) is 388 Å². The number of fused-ring (bicyclic) bond motifs is 20. The van der Waals surface area contributed by atoms with Crippen LogP contribution in [0.5, 0.6) is 0 Å². The summed E-state index contributed by atoms with van der Waals surface area (Å²) in [5.41, 5.74) is 4.49. The number of hydrogen-bond acceptors (Lipinski definition) is 0. The first-order valence-electron chi connectivity index (χ1n) is 40.1. The van der Waals surface area contributed by atoms with Crippen molar-refractivity contribution in [3.05, 3.63) is 412 Å². The number of halogens is 4. The lowest BCUT2D eigenvalue weighted by atomic mass is 9.11. The van der Waals surface area contributed by atoms with Crippen LogP contribution in [0.25, 0.3) is 217 Å². The molecular weight excluding hydrogens is 1430 g/mol. The zero-order chi connectivity index (χ0) is 77.5. The van der Waals surface area contributed by atoms with Gasteiger partial charge in [0.1, 0.15) is 29.4 Å². The molecule has 0 unspecified atom stereocenters. The molecule has 5 heteroatoms. The Kier molecular flexibility index (Phi) is 14.6. The predicted octanol–water partition coefficient (Wildman–Crippen LogP) is 28.7. The first-order chi connectivity index (χ1) is 57.6. The number of hydrogen-bond donors (Lipinski definition) is 0. The van der Waals surface area contributed by atoms with Crippen molar-refractivity contribution in [2.45, 2.75) is 0 Å². The molecule has 0 nitrogen and oxygen atoms in total. The Balaban J connectivity index is 0.887. The van der Waals surface area contributed by atoms with Crippen LogP contribution in [-0.4, -0.2) is 6.15 Å². The molecule has 24 aromatic carbocycles. The molecule has 117 heavy (non-hydrogen) atoms. The Morgan fingerprint density at radius 2 is 0.291 bits per heavy atom. The second-order valence-electron chi connectivity index (χ2n) is 32.0. The van der Waals surface area contributed by atoms with Crippen molar-refractivity contribution in [3.8, 4) is 44.5 Å². The van der Waals surface area contributed by atoms with Gasteiger partial charge in [0.25, 0.3) is 0 Å². The van der Waals surface area contributed by atoms with E-state index in [0.29, 0.717) is 44.1 Å². The highest BCUT2D eigenvalue weighted by atomic mass is 19.1. The van der Waals surface area contributed by atoms with E-state index in [1.54, 1.807) is 24.3 Å². The lowest BCUT2D eigenvalue weighted by molar-refractivity contribution is 0.632. The molecule has 0 fully saturated rings. The van der Waals surface area contributed by atoms with E-state index in [9.17, 15) is 0 Å². The smallest absolute Gasteiger partial charge is 0.127 e. The fraction of sp³-hybridized carbons (Fsp3) is 0. The monoisotopic (exact) mass is 1500 g/mol. The highest BCUT2D eigenvalue weighted by Gasteiger charge is 2.42. The van der Waals surface area contributed by atoms with Gasteiger partial charge in [-0.1, -0.05) is 267 Å². The fourth-order valence-electron chi connectivity index (χ4n) is 20.7. The van der Waals surface area contributed by atoms with Crippen molar-refractivity contribution in [2.75, 3.05) is 0 Å². The molecule has 0 spiro atoms. The Hall–Kier alpha value is -14.8. The molecule has 0 heterocycles. The van der Waals surface area contributed by atoms with Crippen LogP contribution in [0.1, 0.15) is 0 Å². The van der Waals surface area contributed by atoms with Crippen molar-refractivity contribution in [1.29, 1.82) is 0 Å². The molecule has 24 aromatic rings. The van der Waals surface area contributed by atoms with Crippen molar-refractivity contribution in [1.82, 2.24) is 0 Å². The Labute approximate surface area is 669 Å². The second-order valence-corrected chi connectivity index (χ2v) is 32.0. The minimum absolute atomic E-state index is 0.196. The lowest BCUT2D eigenvalue weighted by Gasteiger charge is -2.49. The van der Waals surface area contributed by atoms with Gasteiger partial charge in [0, 0.05) is 0 Å². The topological polar surface area (TPSA) is 0 Å². The lowest BCUT2D eigenvalue weighted by Crippen LogP contribution is -2.76. The molecule has 0 N–H and O–H groups in total. The molecule has 0 atom stereocenters. The van der Waals surface area contributed by atoms with Crippen LogP contribution in [0.2, 0.25) is 0 Å². The van der Waals surface area contributed by atoms with E-state index < -0.39 is 29.4 Å². The summed E-state index contributed by atoms with van der Waals surface area (Å²) in [6, 6.07) is 131. The summed E-state index contributed by atoms with van der Waals surface area (Å²) in [5.74, 6) is -2.31. The normalized spacial score (nSPS) is 12.3. The summed E-state index contributed by atoms with van der Waals surface area (Å²) < 4.78 is 79.7. The van der Waals surface area contributed by atoms with Gasteiger partial charge in [-0.05, 0) is 338 Å². The molecule has 0 saturated carbocycles. The number of rotatable bonds is 8. The molecule has 0 aromatic heterocycles. The van der Waals surface area contributed by atoms with Crippen molar-refractivity contribution < 1.29 is 17.6 Å². The standard InChI is InChI=1S/C112H64BF4/c114-105-37-13-33-101(109(105)85-29-9-25-73-53-81-45-41-77-49-65-17-1-5-21-69(65)57-89(77)97(81)61-93(73)85)113(102-34-14-38-106(115)110(102)86-30-10-26-74-54-82-46-42-78-50-66-18-2-6-22-70(66)58-90(78)98(82)62-94(74)86,103-35-15-39-107(116)111(103)87-31-11-27-75-55-83-47-43-79-51-67-19-3-7-23-71(67)59-91(79)99(83)63-95(75)87)104-36-16-40-108(117)112(104)88-32-12-28-76-56-84-48-44-80-52-68-20-4-8-24-72(68)60-92(80)100(84)64-96(76)88/h1-64H/q-1. The molecule has 0 saturated heterocycles. The first kappa shape index (κ1) is 66.8. The molecule has 0 aliphatic heterocycles. The largest absolute Gasteiger partial charge is 0.206 e. The van der Waals surface area contributed by atoms with E-state index in [1.807, 2.05) is 72.8 Å². The third kappa shape index (κ3) is 10.2. The summed E-state index contributed by atoms with van der Waals surface area (Å²) in [4.78, 5) is 0. The molecule has 0 aliphatic rings. The average molecular weight is 1500 g/mol. The van der Waals surface area contributed by atoms with E-state index >= 15 is 17.6 Å². The van der Waals surface area contributed by atoms with Crippen molar-refractivity contribution in [3.63, 3.8) is 0 Å². The summed E-state index contributed by atoms with van der Waals surface area (Å²) in [5, 5.41) is 31.5. The van der Waals surface area contributed by atoms with Crippen LogP contribution in [0.3, 0.4) is 0 Å². The predicted molar refractivity (Wildman–Crippen MR) is 492 cm³/mol. The Morgan fingerprint density at radius 1 is 0.128 bits per heavy atom. The minimum Gasteiger partial charge on any atom is -0.206 e. The summed E-state index contributed by atoms with van der Waals surface area (Å²) >= 11 is 0. The van der Waals surface area contributed by atoms with Gasteiger partial charge in [-0.3, -0.25) is 0 Å². The Morgan fingerprint density at radius 3 is 0.504 bits per heavy atom. The van der Waals surface area contributed by atoms with Crippen molar-refractivity contribution in [2.24, 2.45) is 0 Å². The van der Waals surface area contributed by atoms with Gasteiger partial charge >= 0.3 is 0 Å². The third-order valence-electron chi connectivity index (χ3n) is 25.9. The average Bonchev–Trinajstić information content (AvgIpc) is 0.686. The summed E-state index contributed by atoms with van der Waals surface area (Å²) in [6.07, 6.45) is -3.51. The zero-order valence-electron chi connectivity index (χ0n) is 63.0. The Bertz CT molecular complexity index is 7530. The first-order valence-corrected chi connectivity index (χ1v) is 40.1. The van der Waals surface area contributed by atoms with Gasteiger partial charge in [-0.25, -0.2) is 17.6 Å². The van der Waals surface area contributed by atoms with Gasteiger partial charge in [0.15, 0.2) is 0 Å². The molecule has 0 radical (unpaired) electrons. The van der Waals surface area contributed by atoms with E-state index in [4.69, 9.17) is 0 Å².